The second kappa shape index (κ2) is 10.3. The largest absolute Gasteiger partial charge is 0.396 e. The van der Waals surface area contributed by atoms with Crippen LogP contribution in [0.1, 0.15) is 104 Å². The molecule has 0 spiro atoms. The lowest BCUT2D eigenvalue weighted by Crippen LogP contribution is -2.66. The van der Waals surface area contributed by atoms with Crippen molar-refractivity contribution in [1.29, 1.82) is 0 Å². The molecular weight excluding hydrogens is 524 g/mol. The Balaban J connectivity index is 1.28. The maximum absolute atomic E-state index is 13.3. The van der Waals surface area contributed by atoms with Crippen molar-refractivity contribution in [3.05, 3.63) is 48.0 Å². The van der Waals surface area contributed by atoms with E-state index in [9.17, 15) is 14.4 Å². The van der Waals surface area contributed by atoms with Gasteiger partial charge in [0, 0.05) is 28.9 Å². The molecule has 0 bridgehead atoms. The van der Waals surface area contributed by atoms with Gasteiger partial charge in [0.15, 0.2) is 0 Å². The molecule has 11 atom stereocenters. The second-order valence-corrected chi connectivity index (χ2v) is 18.1. The van der Waals surface area contributed by atoms with Crippen molar-refractivity contribution < 1.29 is 14.4 Å². The quantitative estimate of drug-likeness (QED) is 0.336. The summed E-state index contributed by atoms with van der Waals surface area (Å²) < 4.78 is 13.3. The number of benzene rings is 1. The topological polar surface area (TPSA) is 57.5 Å². The van der Waals surface area contributed by atoms with Gasteiger partial charge in [-0.3, -0.25) is 4.21 Å². The molecule has 5 aliphatic rings. The molecule has 2 N–H and O–H groups in total. The minimum atomic E-state index is -0.963. The lowest BCUT2D eigenvalue weighted by atomic mass is 9.32. The molecular formula is C37H56O3S. The summed E-state index contributed by atoms with van der Waals surface area (Å²) in [5.41, 5.74) is 3.07. The molecule has 0 aliphatic heterocycles. The summed E-state index contributed by atoms with van der Waals surface area (Å²) in [4.78, 5) is 0. The molecule has 4 heteroatoms. The van der Waals surface area contributed by atoms with E-state index in [1.807, 2.05) is 18.2 Å². The molecule has 5 saturated carbocycles. The third-order valence-electron chi connectivity index (χ3n) is 14.9. The number of hydrogen-bond donors (Lipinski definition) is 2. The van der Waals surface area contributed by atoms with Crippen molar-refractivity contribution in [3.63, 3.8) is 0 Å². The molecule has 1 unspecified atom stereocenters. The minimum Gasteiger partial charge on any atom is -0.396 e. The van der Waals surface area contributed by atoms with Crippen molar-refractivity contribution in [2.24, 2.45) is 56.7 Å². The Hall–Kier alpha value is -0.970. The van der Waals surface area contributed by atoms with Gasteiger partial charge in [-0.25, -0.2) is 0 Å². The van der Waals surface area contributed by atoms with Gasteiger partial charge in [-0.2, -0.15) is 0 Å². The van der Waals surface area contributed by atoms with Gasteiger partial charge in [0.25, 0.3) is 0 Å². The average Bonchev–Trinajstić information content (AvgIpc) is 3.32. The van der Waals surface area contributed by atoms with Crippen LogP contribution in [0.5, 0.6) is 0 Å². The van der Waals surface area contributed by atoms with E-state index in [-0.39, 0.29) is 39.8 Å². The van der Waals surface area contributed by atoms with Crippen LogP contribution in [-0.4, -0.2) is 32.9 Å². The molecule has 5 fully saturated rings. The van der Waals surface area contributed by atoms with Crippen molar-refractivity contribution in [1.82, 2.24) is 0 Å². The van der Waals surface area contributed by atoms with Gasteiger partial charge in [0.2, 0.25) is 0 Å². The monoisotopic (exact) mass is 580 g/mol. The van der Waals surface area contributed by atoms with E-state index in [2.05, 4.69) is 53.3 Å². The van der Waals surface area contributed by atoms with Crippen molar-refractivity contribution in [2.75, 3.05) is 12.4 Å². The zero-order valence-electron chi connectivity index (χ0n) is 26.5. The molecule has 6 rings (SSSR count). The van der Waals surface area contributed by atoms with Crippen LogP contribution in [0.25, 0.3) is 0 Å². The molecule has 0 radical (unpaired) electrons. The van der Waals surface area contributed by atoms with E-state index in [0.717, 1.165) is 37.7 Å². The van der Waals surface area contributed by atoms with E-state index in [0.29, 0.717) is 41.1 Å². The first kappa shape index (κ1) is 30.1. The summed E-state index contributed by atoms with van der Waals surface area (Å²) in [6.45, 7) is 17.5. The summed E-state index contributed by atoms with van der Waals surface area (Å²) in [6.07, 6.45) is 11.4. The minimum absolute atomic E-state index is 0.0000542. The number of rotatable bonds is 6. The summed E-state index contributed by atoms with van der Waals surface area (Å²) in [7, 11) is -0.963. The fourth-order valence-electron chi connectivity index (χ4n) is 12.6. The lowest BCUT2D eigenvalue weighted by Gasteiger charge is -2.73. The first-order valence-electron chi connectivity index (χ1n) is 16.7. The number of aliphatic hydroxyl groups excluding tert-OH is 2. The highest BCUT2D eigenvalue weighted by Gasteiger charge is 2.70. The van der Waals surface area contributed by atoms with Crippen molar-refractivity contribution in [2.45, 2.75) is 111 Å². The van der Waals surface area contributed by atoms with Crippen LogP contribution >= 0.6 is 0 Å². The summed E-state index contributed by atoms with van der Waals surface area (Å²) in [5.74, 6) is 3.83. The SMILES string of the molecule is C=C(CS(=O)Cc1ccccc1)[C@@H]1CC[C@]2(CO)CC[C@]3(C)[C@H](CC[C@@H]4[C@@]5(C)CC[C@H](O)C(C)(C)[C@@H]5CC[C@]43C)[C@@H]12. The highest BCUT2D eigenvalue weighted by atomic mass is 32.2. The third-order valence-corrected chi connectivity index (χ3v) is 16.3. The highest BCUT2D eigenvalue weighted by Crippen LogP contribution is 2.77. The van der Waals surface area contributed by atoms with E-state index in [1.54, 1.807) is 0 Å². The molecule has 0 aromatic heterocycles. The molecule has 0 heterocycles. The zero-order chi connectivity index (χ0) is 29.4. The van der Waals surface area contributed by atoms with E-state index in [1.165, 1.54) is 37.7 Å². The predicted molar refractivity (Wildman–Crippen MR) is 170 cm³/mol. The van der Waals surface area contributed by atoms with Gasteiger partial charge in [-0.05, 0) is 126 Å². The lowest BCUT2D eigenvalue weighted by molar-refractivity contribution is -0.249. The Labute approximate surface area is 252 Å². The third kappa shape index (κ3) is 4.34. The molecule has 228 valence electrons. The molecule has 41 heavy (non-hydrogen) atoms. The first-order chi connectivity index (χ1) is 19.3. The smallest absolute Gasteiger partial charge is 0.0594 e. The van der Waals surface area contributed by atoms with Crippen LogP contribution in [0.3, 0.4) is 0 Å². The van der Waals surface area contributed by atoms with Gasteiger partial charge < -0.3 is 10.2 Å². The Morgan fingerprint density at radius 3 is 2.32 bits per heavy atom. The van der Waals surface area contributed by atoms with Crippen LogP contribution in [0.15, 0.2) is 42.5 Å². The average molecular weight is 581 g/mol. The Morgan fingerprint density at radius 1 is 0.878 bits per heavy atom. The summed E-state index contributed by atoms with van der Waals surface area (Å²) in [5, 5.41) is 22.0. The number of aliphatic hydroxyl groups is 2. The number of fused-ring (bicyclic) bond motifs is 7. The van der Waals surface area contributed by atoms with Crippen molar-refractivity contribution >= 4 is 10.8 Å². The molecule has 1 aromatic carbocycles. The Bertz CT molecular complexity index is 1180. The number of hydrogen-bond acceptors (Lipinski definition) is 3. The van der Waals surface area contributed by atoms with Crippen LogP contribution in [-0.2, 0) is 16.6 Å². The summed E-state index contributed by atoms with van der Waals surface area (Å²) in [6, 6.07) is 10.2. The van der Waals surface area contributed by atoms with Crippen molar-refractivity contribution in [3.8, 4) is 0 Å². The standard InChI is InChI=1S/C37H56O3S/c1-25(22-41(40)23-26-10-8-7-9-11-26)27-14-19-37(24-38)21-20-35(5)28(32(27)37)12-13-30-34(4)17-16-31(39)33(2,3)29(34)15-18-36(30,35)6/h7-11,27-32,38-39H,1,12-24H2,2-6H3/t27-,28+,29-,30+,31-,32+,34-,35+,36+,37+,41?/m0/s1. The second-order valence-electron chi connectivity index (χ2n) is 16.6. The van der Waals surface area contributed by atoms with E-state index in [4.69, 9.17) is 0 Å². The summed E-state index contributed by atoms with van der Waals surface area (Å²) >= 11 is 0. The molecule has 1 aromatic rings. The van der Waals surface area contributed by atoms with Gasteiger partial charge in [0.05, 0.1) is 6.10 Å². The van der Waals surface area contributed by atoms with Gasteiger partial charge in [-0.15, -0.1) is 0 Å². The molecule has 5 aliphatic carbocycles. The fourth-order valence-corrected chi connectivity index (χ4v) is 13.9. The Kier molecular flexibility index (Phi) is 7.55. The van der Waals surface area contributed by atoms with Gasteiger partial charge in [-0.1, -0.05) is 77.1 Å². The molecule has 3 nitrogen and oxygen atoms in total. The van der Waals surface area contributed by atoms with Crippen LogP contribution in [0, 0.1) is 56.7 Å². The molecule has 0 amide bonds. The predicted octanol–water partition coefficient (Wildman–Crippen LogP) is 7.93. The normalized spacial score (nSPS) is 47.4. The van der Waals surface area contributed by atoms with E-state index >= 15 is 0 Å². The fraction of sp³-hybridized carbons (Fsp3) is 0.784. The maximum Gasteiger partial charge on any atom is 0.0594 e. The van der Waals surface area contributed by atoms with Crippen LogP contribution in [0.4, 0.5) is 0 Å². The van der Waals surface area contributed by atoms with E-state index < -0.39 is 10.8 Å². The van der Waals surface area contributed by atoms with Crippen LogP contribution in [0.2, 0.25) is 0 Å². The highest BCUT2D eigenvalue weighted by molar-refractivity contribution is 7.84. The van der Waals surface area contributed by atoms with Crippen LogP contribution < -0.4 is 0 Å². The van der Waals surface area contributed by atoms with Gasteiger partial charge in [0.1, 0.15) is 0 Å². The first-order valence-corrected chi connectivity index (χ1v) is 18.2. The zero-order valence-corrected chi connectivity index (χ0v) is 27.3. The molecule has 0 saturated heterocycles. The Morgan fingerprint density at radius 2 is 1.61 bits per heavy atom. The van der Waals surface area contributed by atoms with Gasteiger partial charge >= 0.3 is 0 Å². The maximum atomic E-state index is 13.3.